The Morgan fingerprint density at radius 3 is 2.50 bits per heavy atom. The zero-order valence-electron chi connectivity index (χ0n) is 22.7. The summed E-state index contributed by atoms with van der Waals surface area (Å²) >= 11 is 0. The molecule has 4 unspecified atom stereocenters. The highest BCUT2D eigenvalue weighted by molar-refractivity contribution is 5.91. The molecule has 2 amide bonds. The van der Waals surface area contributed by atoms with E-state index in [9.17, 15) is 14.4 Å². The molecule has 3 N–H and O–H groups in total. The van der Waals surface area contributed by atoms with Gasteiger partial charge in [-0.25, -0.2) is 4.79 Å². The number of hydrogen-bond donors (Lipinski definition) is 2. The Balaban J connectivity index is 1.47. The summed E-state index contributed by atoms with van der Waals surface area (Å²) in [6.45, 7) is 6.36. The first kappa shape index (κ1) is 27.8. The van der Waals surface area contributed by atoms with Crippen LogP contribution in [-0.4, -0.2) is 54.5 Å². The number of fused-ring (bicyclic) bond motifs is 1. The number of rotatable bonds is 7. The molecule has 0 bridgehead atoms. The second-order valence-electron chi connectivity index (χ2n) is 11.4. The van der Waals surface area contributed by atoms with Crippen molar-refractivity contribution in [3.8, 4) is 0 Å². The lowest BCUT2D eigenvalue weighted by Gasteiger charge is -2.33. The van der Waals surface area contributed by atoms with Gasteiger partial charge in [0.15, 0.2) is 0 Å². The van der Waals surface area contributed by atoms with E-state index in [0.29, 0.717) is 25.1 Å². The van der Waals surface area contributed by atoms with Crippen molar-refractivity contribution >= 4 is 17.8 Å². The molecule has 1 aliphatic heterocycles. The minimum Gasteiger partial charge on any atom is -0.465 e. The van der Waals surface area contributed by atoms with E-state index in [0.717, 1.165) is 30.4 Å². The first-order valence-corrected chi connectivity index (χ1v) is 13.3. The smallest absolute Gasteiger partial charge is 0.337 e. The van der Waals surface area contributed by atoms with Crippen LogP contribution >= 0.6 is 0 Å². The third-order valence-electron chi connectivity index (χ3n) is 7.59. The molecule has 0 saturated carbocycles. The molecular formula is C30H39N3O5. The van der Waals surface area contributed by atoms with Gasteiger partial charge >= 0.3 is 5.97 Å². The number of methoxy groups -OCH3 is 1. The molecule has 0 spiro atoms. The summed E-state index contributed by atoms with van der Waals surface area (Å²) in [6, 6.07) is 13.7. The van der Waals surface area contributed by atoms with Crippen LogP contribution in [0.25, 0.3) is 0 Å². The zero-order valence-corrected chi connectivity index (χ0v) is 22.7. The monoisotopic (exact) mass is 521 g/mol. The SMILES string of the molecule is COC(=O)c1ccc(COC2CC(C(=O)NC3CCCc4ccccc43)N(C(=O)C(N)C(C)(C)C)C2)cc1. The van der Waals surface area contributed by atoms with E-state index in [4.69, 9.17) is 15.2 Å². The minimum atomic E-state index is -0.738. The van der Waals surface area contributed by atoms with Gasteiger partial charge in [0.1, 0.15) is 6.04 Å². The fourth-order valence-corrected chi connectivity index (χ4v) is 5.20. The summed E-state index contributed by atoms with van der Waals surface area (Å²) in [5.74, 6) is -0.808. The van der Waals surface area contributed by atoms with Crippen LogP contribution in [0.1, 0.15) is 73.1 Å². The van der Waals surface area contributed by atoms with E-state index in [-0.39, 0.29) is 24.0 Å². The third kappa shape index (κ3) is 6.25. The van der Waals surface area contributed by atoms with Crippen molar-refractivity contribution in [2.24, 2.45) is 11.1 Å². The van der Waals surface area contributed by atoms with E-state index >= 15 is 0 Å². The molecular weight excluding hydrogens is 482 g/mol. The maximum atomic E-state index is 13.6. The number of hydrogen-bond acceptors (Lipinski definition) is 6. The molecule has 2 aromatic rings. The van der Waals surface area contributed by atoms with Gasteiger partial charge < -0.3 is 25.4 Å². The molecule has 38 heavy (non-hydrogen) atoms. The Morgan fingerprint density at radius 2 is 1.82 bits per heavy atom. The van der Waals surface area contributed by atoms with Crippen LogP contribution in [0, 0.1) is 5.41 Å². The van der Waals surface area contributed by atoms with Gasteiger partial charge in [0.2, 0.25) is 11.8 Å². The van der Waals surface area contributed by atoms with E-state index in [1.807, 2.05) is 45.0 Å². The summed E-state index contributed by atoms with van der Waals surface area (Å²) in [5.41, 5.74) is 9.66. The zero-order chi connectivity index (χ0) is 27.4. The number of nitrogens with zero attached hydrogens (tertiary/aromatic N) is 1. The highest BCUT2D eigenvalue weighted by Gasteiger charge is 2.44. The molecule has 1 heterocycles. The van der Waals surface area contributed by atoms with Crippen molar-refractivity contribution < 1.29 is 23.9 Å². The van der Waals surface area contributed by atoms with Gasteiger partial charge in [-0.15, -0.1) is 0 Å². The Hall–Kier alpha value is -3.23. The van der Waals surface area contributed by atoms with Crippen molar-refractivity contribution in [1.82, 2.24) is 10.2 Å². The van der Waals surface area contributed by atoms with Gasteiger partial charge in [0.25, 0.3) is 0 Å². The Kier molecular flexibility index (Phi) is 8.53. The summed E-state index contributed by atoms with van der Waals surface area (Å²) in [4.78, 5) is 40.4. The first-order chi connectivity index (χ1) is 18.1. The molecule has 1 saturated heterocycles. The van der Waals surface area contributed by atoms with Gasteiger partial charge in [0, 0.05) is 13.0 Å². The Labute approximate surface area is 224 Å². The standard InChI is InChI=1S/C30H39N3O5/c1-30(2,3)26(31)28(35)33-17-22(38-18-19-12-14-21(15-13-19)29(36)37-4)16-25(33)27(34)32-24-11-7-9-20-8-5-6-10-23(20)24/h5-6,8,10,12-15,22,24-26H,7,9,11,16-18,31H2,1-4H3,(H,32,34). The van der Waals surface area contributed by atoms with Crippen LogP contribution in [0.3, 0.4) is 0 Å². The number of carbonyl (C=O) groups excluding carboxylic acids is 3. The maximum Gasteiger partial charge on any atom is 0.337 e. The molecule has 204 valence electrons. The number of aryl methyl sites for hydroxylation is 1. The number of benzene rings is 2. The quantitative estimate of drug-likeness (QED) is 0.540. The fraction of sp³-hybridized carbons (Fsp3) is 0.500. The van der Waals surface area contributed by atoms with Crippen LogP contribution in [-0.2, 0) is 32.1 Å². The van der Waals surface area contributed by atoms with Crippen molar-refractivity contribution in [1.29, 1.82) is 0 Å². The predicted molar refractivity (Wildman–Crippen MR) is 144 cm³/mol. The summed E-state index contributed by atoms with van der Waals surface area (Å²) in [7, 11) is 1.34. The lowest BCUT2D eigenvalue weighted by Crippen LogP contribution is -2.55. The van der Waals surface area contributed by atoms with Gasteiger partial charge in [-0.05, 0) is 53.5 Å². The summed E-state index contributed by atoms with van der Waals surface area (Å²) in [5, 5.41) is 3.22. The van der Waals surface area contributed by atoms with Gasteiger partial charge in [-0.2, -0.15) is 0 Å². The number of carbonyl (C=O) groups is 3. The molecule has 2 aromatic carbocycles. The van der Waals surface area contributed by atoms with E-state index in [2.05, 4.69) is 17.4 Å². The normalized spacial score (nSPS) is 21.9. The molecule has 2 aliphatic rings. The third-order valence-corrected chi connectivity index (χ3v) is 7.59. The molecule has 0 aromatic heterocycles. The van der Waals surface area contributed by atoms with Gasteiger partial charge in [-0.3, -0.25) is 9.59 Å². The second kappa shape index (κ2) is 11.7. The number of likely N-dealkylation sites (tertiary alicyclic amines) is 1. The molecule has 4 rings (SSSR count). The number of amides is 2. The average Bonchev–Trinajstić information content (AvgIpc) is 3.35. The predicted octanol–water partition coefficient (Wildman–Crippen LogP) is 3.53. The number of nitrogens with two attached hydrogens (primary N) is 1. The number of ether oxygens (including phenoxy) is 2. The van der Waals surface area contributed by atoms with Crippen LogP contribution < -0.4 is 11.1 Å². The van der Waals surface area contributed by atoms with E-state index < -0.39 is 23.5 Å². The largest absolute Gasteiger partial charge is 0.465 e. The van der Waals surface area contributed by atoms with E-state index in [1.165, 1.54) is 12.7 Å². The second-order valence-corrected chi connectivity index (χ2v) is 11.4. The summed E-state index contributed by atoms with van der Waals surface area (Å²) < 4.78 is 10.9. The van der Waals surface area contributed by atoms with Crippen molar-refractivity contribution in [2.45, 2.75) is 77.3 Å². The molecule has 1 aliphatic carbocycles. The van der Waals surface area contributed by atoms with Crippen LogP contribution in [0.5, 0.6) is 0 Å². The number of esters is 1. The average molecular weight is 522 g/mol. The maximum absolute atomic E-state index is 13.6. The lowest BCUT2D eigenvalue weighted by atomic mass is 9.86. The van der Waals surface area contributed by atoms with Crippen molar-refractivity contribution in [3.05, 3.63) is 70.8 Å². The van der Waals surface area contributed by atoms with Crippen LogP contribution in [0.15, 0.2) is 48.5 Å². The fourth-order valence-electron chi connectivity index (χ4n) is 5.20. The van der Waals surface area contributed by atoms with E-state index in [1.54, 1.807) is 17.0 Å². The molecule has 4 atom stereocenters. The van der Waals surface area contributed by atoms with Crippen LogP contribution in [0.4, 0.5) is 0 Å². The highest BCUT2D eigenvalue weighted by atomic mass is 16.5. The van der Waals surface area contributed by atoms with Gasteiger partial charge in [0.05, 0.1) is 37.5 Å². The van der Waals surface area contributed by atoms with Crippen molar-refractivity contribution in [2.75, 3.05) is 13.7 Å². The van der Waals surface area contributed by atoms with Gasteiger partial charge in [-0.1, -0.05) is 57.2 Å². The topological polar surface area (TPSA) is 111 Å². The first-order valence-electron chi connectivity index (χ1n) is 13.3. The lowest BCUT2D eigenvalue weighted by molar-refractivity contribution is -0.141. The molecule has 1 fully saturated rings. The highest BCUT2D eigenvalue weighted by Crippen LogP contribution is 2.31. The summed E-state index contributed by atoms with van der Waals surface area (Å²) in [6.07, 6.45) is 2.95. The minimum absolute atomic E-state index is 0.0750. The Morgan fingerprint density at radius 1 is 1.11 bits per heavy atom. The molecule has 8 nitrogen and oxygen atoms in total. The van der Waals surface area contributed by atoms with Crippen LogP contribution in [0.2, 0.25) is 0 Å². The Bertz CT molecular complexity index is 1160. The molecule has 8 heteroatoms. The molecule has 0 radical (unpaired) electrons. The number of nitrogens with one attached hydrogen (secondary N) is 1. The van der Waals surface area contributed by atoms with Crippen molar-refractivity contribution in [3.63, 3.8) is 0 Å².